The van der Waals surface area contributed by atoms with Crippen LogP contribution in [-0.2, 0) is 9.53 Å². The minimum atomic E-state index is -1.70. The highest BCUT2D eigenvalue weighted by Crippen LogP contribution is 2.28. The van der Waals surface area contributed by atoms with Gasteiger partial charge in [0.25, 0.3) is 11.8 Å². The predicted octanol–water partition coefficient (Wildman–Crippen LogP) is -0.453. The first kappa shape index (κ1) is 20.6. The Morgan fingerprint density at radius 2 is 2.16 bits per heavy atom. The van der Waals surface area contributed by atoms with Crippen LogP contribution in [0.2, 0.25) is 0 Å². The van der Waals surface area contributed by atoms with Crippen molar-refractivity contribution < 1.29 is 24.2 Å². The van der Waals surface area contributed by atoms with Gasteiger partial charge in [-0.3, -0.25) is 9.59 Å². The van der Waals surface area contributed by atoms with Crippen LogP contribution in [0.5, 0.6) is 5.88 Å². The van der Waals surface area contributed by atoms with E-state index in [4.69, 9.17) is 20.9 Å². The number of ether oxygens (including phenoxy) is 2. The molecule has 0 saturated carbocycles. The van der Waals surface area contributed by atoms with Crippen molar-refractivity contribution in [2.75, 3.05) is 32.5 Å². The van der Waals surface area contributed by atoms with E-state index in [1.54, 1.807) is 31.3 Å². The van der Waals surface area contributed by atoms with Gasteiger partial charge < -0.3 is 30.9 Å². The number of nitrogen functional groups attached to an aromatic ring is 1. The maximum absolute atomic E-state index is 12.1. The molecule has 2 aliphatic heterocycles. The smallest absolute Gasteiger partial charge is 0.269 e. The van der Waals surface area contributed by atoms with Gasteiger partial charge in [-0.15, -0.1) is 0 Å². The molecule has 0 unspecified atom stereocenters. The maximum atomic E-state index is 12.1. The standard InChI is InChI=1S/C21H21N5O5/c1-26-8-7-21(29,20(26)28)6-5-12-3-2-4-13(9-12)18-24-16(17(23)27)15(22)19(25-18)31-14-10-30-11-14/h2-4,9,14,29H,7-8,10-11,22H2,1H3,(H2,23,27)/t21-/m0/s1. The molecule has 2 amide bonds. The number of carbonyl (C=O) groups excluding carboxylic acids is 2. The highest BCUT2D eigenvalue weighted by Gasteiger charge is 2.42. The number of hydrogen-bond acceptors (Lipinski definition) is 8. The summed E-state index contributed by atoms with van der Waals surface area (Å²) in [6, 6.07) is 6.83. The largest absolute Gasteiger partial charge is 0.468 e. The summed E-state index contributed by atoms with van der Waals surface area (Å²) in [4.78, 5) is 33.9. The average molecular weight is 423 g/mol. The number of rotatable bonds is 4. The molecule has 31 heavy (non-hydrogen) atoms. The van der Waals surface area contributed by atoms with E-state index in [0.29, 0.717) is 30.9 Å². The zero-order valence-corrected chi connectivity index (χ0v) is 16.8. The van der Waals surface area contributed by atoms with Crippen molar-refractivity contribution in [3.63, 3.8) is 0 Å². The lowest BCUT2D eigenvalue weighted by Crippen LogP contribution is -2.39. The monoisotopic (exact) mass is 423 g/mol. The second-order valence-corrected chi connectivity index (χ2v) is 7.42. The Hall–Kier alpha value is -3.68. The molecule has 10 nitrogen and oxygen atoms in total. The van der Waals surface area contributed by atoms with E-state index in [0.717, 1.165) is 0 Å². The van der Waals surface area contributed by atoms with Gasteiger partial charge in [0.05, 0.1) is 13.2 Å². The van der Waals surface area contributed by atoms with Crippen LogP contribution < -0.4 is 16.2 Å². The number of aromatic nitrogens is 2. The number of amides is 2. The fourth-order valence-corrected chi connectivity index (χ4v) is 3.18. The third-order valence-corrected chi connectivity index (χ3v) is 5.07. The summed E-state index contributed by atoms with van der Waals surface area (Å²) in [5.41, 5.74) is 10.6. The maximum Gasteiger partial charge on any atom is 0.269 e. The van der Waals surface area contributed by atoms with E-state index in [1.807, 2.05) is 0 Å². The molecule has 0 radical (unpaired) electrons. The Morgan fingerprint density at radius 3 is 2.77 bits per heavy atom. The Balaban J connectivity index is 1.68. The van der Waals surface area contributed by atoms with Gasteiger partial charge >= 0.3 is 0 Å². The Bertz CT molecular complexity index is 1120. The lowest BCUT2D eigenvalue weighted by atomic mass is 10.0. The normalized spacial score (nSPS) is 20.7. The first-order valence-corrected chi connectivity index (χ1v) is 9.60. The summed E-state index contributed by atoms with van der Waals surface area (Å²) in [5, 5.41) is 10.5. The number of benzene rings is 1. The highest BCUT2D eigenvalue weighted by molar-refractivity contribution is 5.97. The van der Waals surface area contributed by atoms with Gasteiger partial charge in [0, 0.05) is 31.1 Å². The van der Waals surface area contributed by atoms with E-state index in [-0.39, 0.29) is 35.6 Å². The van der Waals surface area contributed by atoms with Gasteiger partial charge in [-0.1, -0.05) is 24.0 Å². The van der Waals surface area contributed by atoms with Crippen LogP contribution in [0.1, 0.15) is 22.5 Å². The summed E-state index contributed by atoms with van der Waals surface area (Å²) in [7, 11) is 1.62. The molecule has 1 aromatic carbocycles. The van der Waals surface area contributed by atoms with Crippen molar-refractivity contribution in [2.45, 2.75) is 18.1 Å². The minimum absolute atomic E-state index is 0.0369. The Morgan fingerprint density at radius 1 is 1.39 bits per heavy atom. The predicted molar refractivity (Wildman–Crippen MR) is 110 cm³/mol. The van der Waals surface area contributed by atoms with Crippen LogP contribution >= 0.6 is 0 Å². The van der Waals surface area contributed by atoms with Crippen molar-refractivity contribution in [1.82, 2.24) is 14.9 Å². The highest BCUT2D eigenvalue weighted by atomic mass is 16.6. The molecule has 0 aliphatic carbocycles. The van der Waals surface area contributed by atoms with Crippen LogP contribution in [-0.4, -0.2) is 70.3 Å². The molecule has 10 heteroatoms. The zero-order valence-electron chi connectivity index (χ0n) is 16.8. The van der Waals surface area contributed by atoms with Crippen molar-refractivity contribution >= 4 is 17.5 Å². The second kappa shape index (κ2) is 7.86. The van der Waals surface area contributed by atoms with E-state index < -0.39 is 17.4 Å². The summed E-state index contributed by atoms with van der Waals surface area (Å²) < 4.78 is 10.8. The molecule has 1 aromatic heterocycles. The summed E-state index contributed by atoms with van der Waals surface area (Å²) in [6.45, 7) is 1.23. The third kappa shape index (κ3) is 4.01. The number of carbonyl (C=O) groups is 2. The average Bonchev–Trinajstić information content (AvgIpc) is 2.98. The molecule has 2 saturated heterocycles. The summed E-state index contributed by atoms with van der Waals surface area (Å²) >= 11 is 0. The van der Waals surface area contributed by atoms with E-state index in [1.165, 1.54) is 4.90 Å². The SMILES string of the molecule is CN1CC[C@@](O)(C#Cc2cccc(-c3nc(OC4COC4)c(N)c(C(N)=O)n3)c2)C1=O. The molecular weight excluding hydrogens is 402 g/mol. The van der Waals surface area contributed by atoms with E-state index in [9.17, 15) is 14.7 Å². The summed E-state index contributed by atoms with van der Waals surface area (Å²) in [6.07, 6.45) is 0.0229. The van der Waals surface area contributed by atoms with Gasteiger partial charge in [-0.05, 0) is 12.1 Å². The number of nitrogens with zero attached hydrogens (tertiary/aromatic N) is 3. The van der Waals surface area contributed by atoms with Gasteiger partial charge in [0.15, 0.2) is 11.5 Å². The molecule has 5 N–H and O–H groups in total. The van der Waals surface area contributed by atoms with Gasteiger partial charge in [-0.2, -0.15) is 4.98 Å². The fraction of sp³-hybridized carbons (Fsp3) is 0.333. The third-order valence-electron chi connectivity index (χ3n) is 5.07. The minimum Gasteiger partial charge on any atom is -0.468 e. The number of likely N-dealkylation sites (N-methyl/N-ethyl adjacent to an activating group) is 1. The number of nitrogens with two attached hydrogens (primary N) is 2. The number of anilines is 1. The number of primary amides is 1. The van der Waals surface area contributed by atoms with E-state index in [2.05, 4.69) is 21.8 Å². The number of likely N-dealkylation sites (tertiary alicyclic amines) is 1. The molecule has 1 atom stereocenters. The van der Waals surface area contributed by atoms with Crippen LogP contribution in [0.15, 0.2) is 24.3 Å². The molecule has 0 bridgehead atoms. The zero-order chi connectivity index (χ0) is 22.2. The second-order valence-electron chi connectivity index (χ2n) is 7.42. The van der Waals surface area contributed by atoms with Gasteiger partial charge in [0.2, 0.25) is 11.5 Å². The van der Waals surface area contributed by atoms with Crippen molar-refractivity contribution in [3.8, 4) is 29.1 Å². The van der Waals surface area contributed by atoms with Gasteiger partial charge in [0.1, 0.15) is 11.8 Å². The molecule has 3 heterocycles. The van der Waals surface area contributed by atoms with Crippen molar-refractivity contribution in [1.29, 1.82) is 0 Å². The number of aliphatic hydroxyl groups is 1. The van der Waals surface area contributed by atoms with E-state index >= 15 is 0 Å². The van der Waals surface area contributed by atoms with Crippen LogP contribution in [0.3, 0.4) is 0 Å². The molecule has 160 valence electrons. The van der Waals surface area contributed by atoms with Crippen LogP contribution in [0, 0.1) is 11.8 Å². The molecular formula is C21H21N5O5. The number of hydrogen-bond donors (Lipinski definition) is 3. The topological polar surface area (TPSA) is 154 Å². The molecule has 0 spiro atoms. The lowest BCUT2D eigenvalue weighted by molar-refractivity contribution is -0.137. The van der Waals surface area contributed by atoms with Crippen LogP contribution in [0.25, 0.3) is 11.4 Å². The first-order valence-electron chi connectivity index (χ1n) is 9.60. The Labute approximate surface area is 178 Å². The molecule has 2 aliphatic rings. The fourth-order valence-electron chi connectivity index (χ4n) is 3.18. The van der Waals surface area contributed by atoms with Crippen molar-refractivity contribution in [3.05, 3.63) is 35.5 Å². The van der Waals surface area contributed by atoms with Gasteiger partial charge in [-0.25, -0.2) is 4.98 Å². The quantitative estimate of drug-likeness (QED) is 0.559. The lowest BCUT2D eigenvalue weighted by Gasteiger charge is -2.26. The molecule has 2 aromatic rings. The Kier molecular flexibility index (Phi) is 5.22. The molecule has 2 fully saturated rings. The molecule has 4 rings (SSSR count). The van der Waals surface area contributed by atoms with Crippen LogP contribution in [0.4, 0.5) is 5.69 Å². The summed E-state index contributed by atoms with van der Waals surface area (Å²) in [5.74, 6) is 4.50. The van der Waals surface area contributed by atoms with Crippen molar-refractivity contribution in [2.24, 2.45) is 5.73 Å². The first-order chi connectivity index (χ1) is 14.8.